The van der Waals surface area contributed by atoms with Crippen molar-refractivity contribution in [1.29, 1.82) is 0 Å². The molecule has 1 atom stereocenters. The molecule has 1 saturated heterocycles. The second-order valence-corrected chi connectivity index (χ2v) is 10.9. The molecule has 0 aromatic rings. The van der Waals surface area contributed by atoms with Gasteiger partial charge in [-0.2, -0.15) is 0 Å². The highest BCUT2D eigenvalue weighted by Crippen LogP contribution is 2.61. The first-order valence-electron chi connectivity index (χ1n) is 11.7. The Hall–Kier alpha value is -1.59. The van der Waals surface area contributed by atoms with E-state index in [1.807, 2.05) is 0 Å². The molecule has 0 aromatic carbocycles. The van der Waals surface area contributed by atoms with Crippen LogP contribution >= 0.6 is 0 Å². The molecule has 6 aliphatic rings. The van der Waals surface area contributed by atoms with E-state index in [0.717, 1.165) is 49.9 Å². The average molecular weight is 402 g/mol. The third-order valence-corrected chi connectivity index (χ3v) is 9.17. The van der Waals surface area contributed by atoms with E-state index in [1.54, 1.807) is 11.9 Å². The lowest BCUT2D eigenvalue weighted by Gasteiger charge is -2.59. The van der Waals surface area contributed by atoms with Gasteiger partial charge in [0, 0.05) is 13.1 Å². The van der Waals surface area contributed by atoms with Gasteiger partial charge in [-0.3, -0.25) is 14.5 Å². The molecule has 6 rings (SSSR count). The number of likely N-dealkylation sites (N-methyl/N-ethyl adjacent to an activating group) is 1. The van der Waals surface area contributed by atoms with Gasteiger partial charge in [-0.05, 0) is 81.5 Å². The van der Waals surface area contributed by atoms with Gasteiger partial charge in [0.15, 0.2) is 0 Å². The van der Waals surface area contributed by atoms with Crippen LogP contribution in [0.15, 0.2) is 0 Å². The van der Waals surface area contributed by atoms with E-state index < -0.39 is 5.54 Å². The molecule has 4 amide bonds. The van der Waals surface area contributed by atoms with Gasteiger partial charge in [0.1, 0.15) is 12.1 Å². The van der Waals surface area contributed by atoms with E-state index >= 15 is 0 Å². The summed E-state index contributed by atoms with van der Waals surface area (Å²) in [6.45, 7) is 2.01. The summed E-state index contributed by atoms with van der Waals surface area (Å²) in [5.74, 6) is 2.16. The Labute approximate surface area is 173 Å². The van der Waals surface area contributed by atoms with Crippen LogP contribution in [0.2, 0.25) is 0 Å². The Bertz CT molecular complexity index is 692. The quantitative estimate of drug-likeness (QED) is 0.735. The van der Waals surface area contributed by atoms with Crippen LogP contribution in [0.5, 0.6) is 0 Å². The van der Waals surface area contributed by atoms with E-state index in [9.17, 15) is 14.4 Å². The highest BCUT2D eigenvalue weighted by Gasteiger charge is 2.56. The first-order valence-corrected chi connectivity index (χ1v) is 11.7. The number of hydrogen-bond acceptors (Lipinski definition) is 3. The van der Waals surface area contributed by atoms with Crippen molar-refractivity contribution in [3.63, 3.8) is 0 Å². The van der Waals surface area contributed by atoms with Crippen LogP contribution in [0.1, 0.15) is 77.6 Å². The molecule has 160 valence electrons. The van der Waals surface area contributed by atoms with Crippen molar-refractivity contribution in [3.8, 4) is 0 Å². The molecule has 1 spiro atoms. The zero-order chi connectivity index (χ0) is 20.4. The van der Waals surface area contributed by atoms with Crippen molar-refractivity contribution in [2.75, 3.05) is 13.6 Å². The molecular weight excluding hydrogens is 366 g/mol. The van der Waals surface area contributed by atoms with Crippen LogP contribution in [0.25, 0.3) is 0 Å². The molecule has 5 aliphatic carbocycles. The maximum Gasteiger partial charge on any atom is 0.327 e. The standard InChI is InChI=1S/C23H35N3O3/c1-15(22-11-16-8-17(12-22)10-18(9-16)13-22)24-19(27)14-26-20(28)23(25(2)21(26)29)6-4-3-5-7-23/h15-18H,3-14H2,1-2H3,(H,24,27). The van der Waals surface area contributed by atoms with Gasteiger partial charge in [0.2, 0.25) is 5.91 Å². The van der Waals surface area contributed by atoms with Crippen LogP contribution < -0.4 is 5.32 Å². The molecule has 6 nitrogen and oxygen atoms in total. The zero-order valence-corrected chi connectivity index (χ0v) is 17.9. The van der Waals surface area contributed by atoms with Crippen molar-refractivity contribution in [1.82, 2.24) is 15.1 Å². The lowest BCUT2D eigenvalue weighted by Crippen LogP contribution is -2.57. The molecule has 29 heavy (non-hydrogen) atoms. The summed E-state index contributed by atoms with van der Waals surface area (Å²) in [5.41, 5.74) is -0.480. The third kappa shape index (κ3) is 2.92. The Morgan fingerprint density at radius 2 is 1.59 bits per heavy atom. The van der Waals surface area contributed by atoms with E-state index in [1.165, 1.54) is 43.4 Å². The van der Waals surface area contributed by atoms with Crippen molar-refractivity contribution in [3.05, 3.63) is 0 Å². The predicted octanol–water partition coefficient (Wildman–Crippen LogP) is 3.30. The van der Waals surface area contributed by atoms with Crippen molar-refractivity contribution in [2.24, 2.45) is 23.2 Å². The SMILES string of the molecule is CC(NC(=O)CN1C(=O)N(C)C2(CCCCC2)C1=O)C12CC3CC(CC(C3)C1)C2. The first kappa shape index (κ1) is 19.4. The number of nitrogens with zero attached hydrogens (tertiary/aromatic N) is 2. The van der Waals surface area contributed by atoms with Gasteiger partial charge in [-0.1, -0.05) is 19.3 Å². The van der Waals surface area contributed by atoms with E-state index in [-0.39, 0.29) is 35.8 Å². The Morgan fingerprint density at radius 3 is 2.14 bits per heavy atom. The molecule has 1 unspecified atom stereocenters. The predicted molar refractivity (Wildman–Crippen MR) is 109 cm³/mol. The number of carbonyl (C=O) groups is 3. The molecule has 4 bridgehead atoms. The molecule has 1 N–H and O–H groups in total. The summed E-state index contributed by atoms with van der Waals surface area (Å²) in [4.78, 5) is 41.6. The van der Waals surface area contributed by atoms with E-state index in [4.69, 9.17) is 0 Å². The maximum atomic E-state index is 13.1. The van der Waals surface area contributed by atoms with Crippen molar-refractivity contribution >= 4 is 17.8 Å². The number of hydrogen-bond donors (Lipinski definition) is 1. The fraction of sp³-hybridized carbons (Fsp3) is 0.870. The number of imide groups is 1. The van der Waals surface area contributed by atoms with Gasteiger partial charge < -0.3 is 10.2 Å². The summed E-state index contributed by atoms with van der Waals surface area (Å²) in [5, 5.41) is 3.21. The topological polar surface area (TPSA) is 69.7 Å². The molecule has 5 saturated carbocycles. The van der Waals surface area contributed by atoms with Gasteiger partial charge in [0.05, 0.1) is 0 Å². The van der Waals surface area contributed by atoms with Crippen molar-refractivity contribution in [2.45, 2.75) is 89.1 Å². The second-order valence-electron chi connectivity index (χ2n) is 10.9. The normalized spacial score (nSPS) is 38.8. The summed E-state index contributed by atoms with van der Waals surface area (Å²) < 4.78 is 0. The summed E-state index contributed by atoms with van der Waals surface area (Å²) in [7, 11) is 1.72. The minimum Gasteiger partial charge on any atom is -0.352 e. The Kier molecular flexibility index (Phi) is 4.48. The molecule has 6 fully saturated rings. The third-order valence-electron chi connectivity index (χ3n) is 9.17. The fourth-order valence-corrected chi connectivity index (χ4v) is 7.96. The van der Waals surface area contributed by atoms with Crippen LogP contribution in [0.4, 0.5) is 4.79 Å². The highest BCUT2D eigenvalue weighted by molar-refractivity contribution is 6.08. The van der Waals surface area contributed by atoms with Crippen LogP contribution in [-0.2, 0) is 9.59 Å². The van der Waals surface area contributed by atoms with Gasteiger partial charge >= 0.3 is 6.03 Å². The van der Waals surface area contributed by atoms with Gasteiger partial charge in [-0.25, -0.2) is 4.79 Å². The minimum atomic E-state index is -0.707. The molecule has 0 aromatic heterocycles. The van der Waals surface area contributed by atoms with Gasteiger partial charge in [-0.15, -0.1) is 0 Å². The number of urea groups is 1. The summed E-state index contributed by atoms with van der Waals surface area (Å²) >= 11 is 0. The largest absolute Gasteiger partial charge is 0.352 e. The Balaban J connectivity index is 1.25. The monoisotopic (exact) mass is 401 g/mol. The number of amides is 4. The average Bonchev–Trinajstić information content (AvgIpc) is 2.84. The first-order chi connectivity index (χ1) is 13.8. The lowest BCUT2D eigenvalue weighted by atomic mass is 9.48. The summed E-state index contributed by atoms with van der Waals surface area (Å²) in [6.07, 6.45) is 12.3. The van der Waals surface area contributed by atoms with Crippen LogP contribution in [-0.4, -0.2) is 52.8 Å². The lowest BCUT2D eigenvalue weighted by molar-refractivity contribution is -0.138. The molecule has 1 heterocycles. The number of rotatable bonds is 4. The Morgan fingerprint density at radius 1 is 1.03 bits per heavy atom. The minimum absolute atomic E-state index is 0.109. The maximum absolute atomic E-state index is 13.1. The zero-order valence-electron chi connectivity index (χ0n) is 17.9. The molecule has 0 radical (unpaired) electrons. The molecule has 1 aliphatic heterocycles. The van der Waals surface area contributed by atoms with Gasteiger partial charge in [0.25, 0.3) is 5.91 Å². The van der Waals surface area contributed by atoms with Crippen LogP contribution in [0, 0.1) is 23.2 Å². The number of carbonyl (C=O) groups excluding carboxylic acids is 3. The summed E-state index contributed by atoms with van der Waals surface area (Å²) in [6, 6.07) is -0.202. The van der Waals surface area contributed by atoms with E-state index in [2.05, 4.69) is 12.2 Å². The molecular formula is C23H35N3O3. The smallest absolute Gasteiger partial charge is 0.327 e. The number of nitrogens with one attached hydrogen (secondary N) is 1. The van der Waals surface area contributed by atoms with E-state index in [0.29, 0.717) is 0 Å². The molecule has 6 heteroatoms. The fourth-order valence-electron chi connectivity index (χ4n) is 7.96. The second kappa shape index (κ2) is 6.71. The van der Waals surface area contributed by atoms with Crippen LogP contribution in [0.3, 0.4) is 0 Å². The highest BCUT2D eigenvalue weighted by atomic mass is 16.2. The van der Waals surface area contributed by atoms with Crippen molar-refractivity contribution < 1.29 is 14.4 Å².